The molecule has 1 fully saturated rings. The minimum absolute atomic E-state index is 0.0620. The fourth-order valence-corrected chi connectivity index (χ4v) is 4.59. The lowest BCUT2D eigenvalue weighted by atomic mass is 10.2. The second-order valence-corrected chi connectivity index (χ2v) is 7.44. The van der Waals surface area contributed by atoms with E-state index in [0.717, 1.165) is 0 Å². The first-order valence-corrected chi connectivity index (χ1v) is 8.77. The van der Waals surface area contributed by atoms with Crippen LogP contribution in [0, 0.1) is 0 Å². The minimum atomic E-state index is -3.01. The number of imidazole rings is 1. The molecule has 7 heteroatoms. The van der Waals surface area contributed by atoms with Crippen molar-refractivity contribution in [2.45, 2.75) is 19.4 Å². The summed E-state index contributed by atoms with van der Waals surface area (Å²) in [4.78, 5) is 18.6. The molecule has 1 aliphatic heterocycles. The molecule has 0 radical (unpaired) electrons. The summed E-state index contributed by atoms with van der Waals surface area (Å²) in [7, 11) is -3.01. The summed E-state index contributed by atoms with van der Waals surface area (Å²) in [5.74, 6) is 0.0756. The van der Waals surface area contributed by atoms with Crippen molar-refractivity contribution in [1.82, 2.24) is 14.3 Å². The van der Waals surface area contributed by atoms with Gasteiger partial charge in [0.2, 0.25) is 0 Å². The molecule has 21 heavy (non-hydrogen) atoms. The van der Waals surface area contributed by atoms with Gasteiger partial charge in [0.15, 0.2) is 9.84 Å². The molecule has 0 aromatic carbocycles. The highest BCUT2D eigenvalue weighted by atomic mass is 32.2. The van der Waals surface area contributed by atoms with Gasteiger partial charge in [-0.2, -0.15) is 0 Å². The quantitative estimate of drug-likeness (QED) is 0.847. The zero-order chi connectivity index (χ0) is 15.0. The predicted molar refractivity (Wildman–Crippen MR) is 79.0 cm³/mol. The number of hydrogen-bond acceptors (Lipinski definition) is 4. The van der Waals surface area contributed by atoms with Crippen molar-refractivity contribution in [3.8, 4) is 0 Å². The molecule has 1 saturated heterocycles. The van der Waals surface area contributed by atoms with E-state index < -0.39 is 9.84 Å². The molecule has 112 valence electrons. The van der Waals surface area contributed by atoms with Gasteiger partial charge in [-0.05, 0) is 25.5 Å². The minimum Gasteiger partial charge on any atom is -0.334 e. The van der Waals surface area contributed by atoms with Gasteiger partial charge in [0, 0.05) is 25.0 Å². The molecular weight excluding hydrogens is 290 g/mol. The summed E-state index contributed by atoms with van der Waals surface area (Å²) < 4.78 is 25.0. The highest BCUT2D eigenvalue weighted by molar-refractivity contribution is 7.91. The summed E-state index contributed by atoms with van der Waals surface area (Å²) in [6, 6.07) is 5.12. The van der Waals surface area contributed by atoms with E-state index in [1.165, 1.54) is 0 Å². The standard InChI is InChI=1S/C14H17N3O3S/c1-2-16(11-6-9-21(19,20)10-11)14(18)12-4-3-5-13-15-7-8-17(12)13/h3-5,7-8,11H,2,6,9-10H2,1H3. The van der Waals surface area contributed by atoms with E-state index in [1.807, 2.05) is 13.0 Å². The zero-order valence-electron chi connectivity index (χ0n) is 11.8. The first kappa shape index (κ1) is 14.1. The van der Waals surface area contributed by atoms with Crippen LogP contribution >= 0.6 is 0 Å². The van der Waals surface area contributed by atoms with Crippen LogP contribution in [0.5, 0.6) is 0 Å². The molecule has 2 aromatic rings. The molecule has 2 aromatic heterocycles. The lowest BCUT2D eigenvalue weighted by molar-refractivity contribution is 0.0701. The number of fused-ring (bicyclic) bond motifs is 1. The molecule has 1 unspecified atom stereocenters. The van der Waals surface area contributed by atoms with E-state index in [2.05, 4.69) is 4.98 Å². The summed E-state index contributed by atoms with van der Waals surface area (Å²) in [6.45, 7) is 2.36. The number of amides is 1. The van der Waals surface area contributed by atoms with E-state index in [9.17, 15) is 13.2 Å². The van der Waals surface area contributed by atoms with Crippen molar-refractivity contribution in [2.24, 2.45) is 0 Å². The van der Waals surface area contributed by atoms with Crippen molar-refractivity contribution in [3.63, 3.8) is 0 Å². The summed E-state index contributed by atoms with van der Waals surface area (Å²) in [5.41, 5.74) is 1.21. The van der Waals surface area contributed by atoms with Crippen molar-refractivity contribution in [2.75, 3.05) is 18.1 Å². The Morgan fingerprint density at radius 2 is 2.29 bits per heavy atom. The number of carbonyl (C=O) groups excluding carboxylic acids is 1. The van der Waals surface area contributed by atoms with Gasteiger partial charge in [0.05, 0.1) is 11.5 Å². The lowest BCUT2D eigenvalue weighted by Crippen LogP contribution is -2.41. The molecule has 1 aliphatic rings. The third-order valence-electron chi connectivity index (χ3n) is 3.90. The Kier molecular flexibility index (Phi) is 3.44. The molecule has 0 bridgehead atoms. The average Bonchev–Trinajstić information content (AvgIpc) is 3.05. The Morgan fingerprint density at radius 1 is 1.48 bits per heavy atom. The number of pyridine rings is 1. The van der Waals surface area contributed by atoms with Gasteiger partial charge in [-0.15, -0.1) is 0 Å². The first-order valence-electron chi connectivity index (χ1n) is 6.95. The van der Waals surface area contributed by atoms with Crippen LogP contribution in [0.2, 0.25) is 0 Å². The summed E-state index contributed by atoms with van der Waals surface area (Å²) in [5, 5.41) is 0. The van der Waals surface area contributed by atoms with E-state index >= 15 is 0 Å². The van der Waals surface area contributed by atoms with Crippen LogP contribution in [0.15, 0.2) is 30.6 Å². The van der Waals surface area contributed by atoms with Crippen LogP contribution in [0.25, 0.3) is 5.65 Å². The van der Waals surface area contributed by atoms with Gasteiger partial charge >= 0.3 is 0 Å². The van der Waals surface area contributed by atoms with Crippen LogP contribution in [0.1, 0.15) is 23.8 Å². The highest BCUT2D eigenvalue weighted by Gasteiger charge is 2.34. The van der Waals surface area contributed by atoms with Crippen molar-refractivity contribution >= 4 is 21.4 Å². The topological polar surface area (TPSA) is 71.8 Å². The second kappa shape index (κ2) is 5.14. The van der Waals surface area contributed by atoms with Gasteiger partial charge in [-0.3, -0.25) is 9.20 Å². The molecule has 0 spiro atoms. The maximum atomic E-state index is 12.8. The van der Waals surface area contributed by atoms with Gasteiger partial charge in [0.25, 0.3) is 5.91 Å². The van der Waals surface area contributed by atoms with Crippen molar-refractivity contribution in [3.05, 3.63) is 36.3 Å². The average molecular weight is 307 g/mol. The highest BCUT2D eigenvalue weighted by Crippen LogP contribution is 2.20. The normalized spacial score (nSPS) is 20.7. The Hall–Kier alpha value is -1.89. The van der Waals surface area contributed by atoms with Gasteiger partial charge < -0.3 is 4.90 Å². The Labute approximate surface area is 123 Å². The number of nitrogens with zero attached hydrogens (tertiary/aromatic N) is 3. The smallest absolute Gasteiger partial charge is 0.271 e. The molecule has 1 amide bonds. The molecule has 0 N–H and O–H groups in total. The van der Waals surface area contributed by atoms with E-state index in [0.29, 0.717) is 24.3 Å². The van der Waals surface area contributed by atoms with Gasteiger partial charge in [0.1, 0.15) is 11.3 Å². The maximum absolute atomic E-state index is 12.8. The number of hydrogen-bond donors (Lipinski definition) is 0. The number of aromatic nitrogens is 2. The maximum Gasteiger partial charge on any atom is 0.271 e. The third-order valence-corrected chi connectivity index (χ3v) is 5.65. The van der Waals surface area contributed by atoms with E-state index in [1.54, 1.807) is 33.8 Å². The van der Waals surface area contributed by atoms with Gasteiger partial charge in [-0.1, -0.05) is 6.07 Å². The number of carbonyl (C=O) groups is 1. The number of rotatable bonds is 3. The van der Waals surface area contributed by atoms with Crippen LogP contribution in [0.3, 0.4) is 0 Å². The molecule has 3 heterocycles. The zero-order valence-corrected chi connectivity index (χ0v) is 12.6. The second-order valence-electron chi connectivity index (χ2n) is 5.21. The van der Waals surface area contributed by atoms with Crippen LogP contribution in [-0.2, 0) is 9.84 Å². The molecule has 3 rings (SSSR count). The lowest BCUT2D eigenvalue weighted by Gasteiger charge is -2.27. The Bertz CT molecular complexity index is 782. The fourth-order valence-electron chi connectivity index (χ4n) is 2.86. The number of sulfone groups is 1. The largest absolute Gasteiger partial charge is 0.334 e. The summed E-state index contributed by atoms with van der Waals surface area (Å²) in [6.07, 6.45) is 3.89. The van der Waals surface area contributed by atoms with E-state index in [-0.39, 0.29) is 23.5 Å². The van der Waals surface area contributed by atoms with Crippen molar-refractivity contribution in [1.29, 1.82) is 0 Å². The molecule has 6 nitrogen and oxygen atoms in total. The Balaban J connectivity index is 1.94. The molecule has 1 atom stereocenters. The summed E-state index contributed by atoms with van der Waals surface area (Å²) >= 11 is 0. The SMILES string of the molecule is CCN(C(=O)c1cccc2nccn12)C1CCS(=O)(=O)C1. The molecule has 0 aliphatic carbocycles. The predicted octanol–water partition coefficient (Wildman–Crippen LogP) is 0.984. The monoisotopic (exact) mass is 307 g/mol. The molecular formula is C14H17N3O3S. The Morgan fingerprint density at radius 3 is 2.95 bits per heavy atom. The van der Waals surface area contributed by atoms with Crippen LogP contribution < -0.4 is 0 Å². The third kappa shape index (κ3) is 2.53. The van der Waals surface area contributed by atoms with Crippen LogP contribution in [0.4, 0.5) is 0 Å². The van der Waals surface area contributed by atoms with Crippen LogP contribution in [-0.4, -0.2) is 52.7 Å². The fraction of sp³-hybridized carbons (Fsp3) is 0.429. The van der Waals surface area contributed by atoms with Crippen molar-refractivity contribution < 1.29 is 13.2 Å². The first-order chi connectivity index (χ1) is 10.0. The van der Waals surface area contributed by atoms with Gasteiger partial charge in [-0.25, -0.2) is 13.4 Å². The van der Waals surface area contributed by atoms with E-state index in [4.69, 9.17) is 0 Å². The molecule has 0 saturated carbocycles.